The maximum absolute atomic E-state index is 5.62. The zero-order valence-corrected chi connectivity index (χ0v) is 9.79. The number of piperazine rings is 1. The molecule has 2 fully saturated rings. The minimum Gasteiger partial charge on any atom is -0.330 e. The van der Waals surface area contributed by atoms with Crippen LogP contribution in [0.3, 0.4) is 0 Å². The fraction of sp³-hybridized carbons (Fsp3) is 1.00. The van der Waals surface area contributed by atoms with E-state index >= 15 is 0 Å². The second-order valence-corrected chi connectivity index (χ2v) is 5.67. The van der Waals surface area contributed by atoms with Gasteiger partial charge in [-0.05, 0) is 7.05 Å². The van der Waals surface area contributed by atoms with Gasteiger partial charge in [0, 0.05) is 13.1 Å². The number of ether oxygens (including phenoxy) is 1. The summed E-state index contributed by atoms with van der Waals surface area (Å²) in [4.78, 5) is 2.96. The fourth-order valence-corrected chi connectivity index (χ4v) is 3.00. The molecule has 0 aromatic heterocycles. The van der Waals surface area contributed by atoms with Gasteiger partial charge in [0.2, 0.25) is 0 Å². The molecule has 0 saturated carbocycles. The molecule has 0 aliphatic carbocycles. The smallest absolute Gasteiger partial charge is 0.183 e. The van der Waals surface area contributed by atoms with Crippen molar-refractivity contribution in [3.05, 3.63) is 0 Å². The average molecular weight is 250 g/mol. The number of rotatable bonds is 0. The molecule has 0 N–H and O–H groups in total. The number of hydrogen-bond donors (Lipinski definition) is 0. The first-order chi connectivity index (χ1) is 6.20. The third-order valence-electron chi connectivity index (χ3n) is 3.16. The Labute approximate surface area is 88.4 Å². The first kappa shape index (κ1) is 9.90. The number of hydrogen-bond acceptors (Lipinski definition) is 2. The van der Waals surface area contributed by atoms with Crippen LogP contribution in [0.1, 0.15) is 0 Å². The lowest BCUT2D eigenvalue weighted by molar-refractivity contribution is -0.954. The molecule has 0 radical (unpaired) electrons. The Hall–Kier alpha value is 0.360. The summed E-state index contributed by atoms with van der Waals surface area (Å²) in [5.74, 6) is 0. The monoisotopic (exact) mass is 249 g/mol. The minimum atomic E-state index is 0.560. The summed E-state index contributed by atoms with van der Waals surface area (Å²) in [6.07, 6.45) is 0. The van der Waals surface area contributed by atoms with Gasteiger partial charge in [0.05, 0.1) is 31.1 Å². The molecule has 0 aromatic carbocycles. The van der Waals surface area contributed by atoms with Crippen molar-refractivity contribution in [3.8, 4) is 0 Å². The van der Waals surface area contributed by atoms with Crippen LogP contribution in [0.5, 0.6) is 0 Å². The molecule has 13 heavy (non-hydrogen) atoms. The molecule has 0 bridgehead atoms. The van der Waals surface area contributed by atoms with Gasteiger partial charge >= 0.3 is 0 Å². The number of quaternary nitrogens is 1. The summed E-state index contributed by atoms with van der Waals surface area (Å²) in [6, 6.07) is 0. The van der Waals surface area contributed by atoms with Crippen LogP contribution in [0.15, 0.2) is 0 Å². The van der Waals surface area contributed by atoms with Crippen molar-refractivity contribution in [2.45, 2.75) is 4.83 Å². The summed E-state index contributed by atoms with van der Waals surface area (Å²) in [7, 11) is 2.20. The molecular weight excluding hydrogens is 232 g/mol. The van der Waals surface area contributed by atoms with Gasteiger partial charge in [-0.2, -0.15) is 0 Å². The average Bonchev–Trinajstić information content (AvgIpc) is 2.11. The van der Waals surface area contributed by atoms with Crippen LogP contribution in [0.4, 0.5) is 0 Å². The normalized spacial score (nSPS) is 35.1. The van der Waals surface area contributed by atoms with Crippen LogP contribution in [-0.4, -0.2) is 67.3 Å². The summed E-state index contributed by atoms with van der Waals surface area (Å²) in [5, 5.41) is 0. The van der Waals surface area contributed by atoms with E-state index in [0.29, 0.717) is 4.83 Å². The molecule has 2 aliphatic rings. The Morgan fingerprint density at radius 3 is 2.69 bits per heavy atom. The summed E-state index contributed by atoms with van der Waals surface area (Å²) >= 11 is 3.66. The van der Waals surface area contributed by atoms with E-state index in [2.05, 4.69) is 27.9 Å². The molecule has 4 heteroatoms. The lowest BCUT2D eigenvalue weighted by Crippen LogP contribution is -2.64. The summed E-state index contributed by atoms with van der Waals surface area (Å²) in [5.41, 5.74) is 0. The molecule has 1 spiro atoms. The Balaban J connectivity index is 1.95. The van der Waals surface area contributed by atoms with E-state index in [4.69, 9.17) is 4.74 Å². The molecule has 76 valence electrons. The lowest BCUT2D eigenvalue weighted by atomic mass is 10.2. The van der Waals surface area contributed by atoms with Crippen molar-refractivity contribution in [1.82, 2.24) is 4.90 Å². The van der Waals surface area contributed by atoms with Crippen molar-refractivity contribution in [3.63, 3.8) is 0 Å². The largest absolute Gasteiger partial charge is 0.330 e. The van der Waals surface area contributed by atoms with Gasteiger partial charge in [0.1, 0.15) is 0 Å². The van der Waals surface area contributed by atoms with Crippen molar-refractivity contribution >= 4 is 15.9 Å². The fourth-order valence-electron chi connectivity index (χ4n) is 2.20. The maximum atomic E-state index is 5.62. The highest BCUT2D eigenvalue weighted by Crippen LogP contribution is 2.20. The molecule has 1 unspecified atom stereocenters. The van der Waals surface area contributed by atoms with Crippen LogP contribution in [0, 0.1) is 0 Å². The predicted molar refractivity (Wildman–Crippen MR) is 55.9 cm³/mol. The Bertz CT molecular complexity index is 180. The lowest BCUT2D eigenvalue weighted by Gasteiger charge is -2.46. The number of halogens is 1. The quantitative estimate of drug-likeness (QED) is 0.458. The number of likely N-dealkylation sites (N-methyl/N-ethyl adjacent to an activating group) is 1. The van der Waals surface area contributed by atoms with E-state index in [0.717, 1.165) is 13.3 Å². The van der Waals surface area contributed by atoms with Crippen molar-refractivity contribution in [2.75, 3.05) is 53.1 Å². The van der Waals surface area contributed by atoms with Crippen molar-refractivity contribution in [1.29, 1.82) is 0 Å². The van der Waals surface area contributed by atoms with Crippen LogP contribution in [0.25, 0.3) is 0 Å². The zero-order valence-electron chi connectivity index (χ0n) is 8.21. The van der Waals surface area contributed by atoms with Gasteiger partial charge in [-0.25, -0.2) is 0 Å². The van der Waals surface area contributed by atoms with Gasteiger partial charge in [0.15, 0.2) is 6.73 Å². The minimum absolute atomic E-state index is 0.560. The van der Waals surface area contributed by atoms with Crippen LogP contribution in [0.2, 0.25) is 0 Å². The van der Waals surface area contributed by atoms with Crippen molar-refractivity contribution < 1.29 is 9.22 Å². The molecule has 2 saturated heterocycles. The first-order valence-corrected chi connectivity index (χ1v) is 5.87. The topological polar surface area (TPSA) is 12.5 Å². The second kappa shape index (κ2) is 3.85. The van der Waals surface area contributed by atoms with Crippen molar-refractivity contribution in [2.24, 2.45) is 0 Å². The number of alkyl halides is 1. The van der Waals surface area contributed by atoms with Gasteiger partial charge in [-0.15, -0.1) is 0 Å². The van der Waals surface area contributed by atoms with E-state index in [1.165, 1.54) is 37.2 Å². The summed E-state index contributed by atoms with van der Waals surface area (Å²) in [6.45, 7) is 7.98. The molecule has 2 rings (SSSR count). The van der Waals surface area contributed by atoms with E-state index < -0.39 is 0 Å². The highest BCUT2D eigenvalue weighted by molar-refractivity contribution is 9.09. The molecule has 2 heterocycles. The van der Waals surface area contributed by atoms with Gasteiger partial charge < -0.3 is 4.74 Å². The van der Waals surface area contributed by atoms with Gasteiger partial charge in [0.25, 0.3) is 0 Å². The molecule has 2 aliphatic heterocycles. The number of nitrogens with zero attached hydrogens (tertiary/aromatic N) is 2. The highest BCUT2D eigenvalue weighted by atomic mass is 79.9. The van der Waals surface area contributed by atoms with E-state index in [-0.39, 0.29) is 0 Å². The highest BCUT2D eigenvalue weighted by Gasteiger charge is 2.37. The first-order valence-electron chi connectivity index (χ1n) is 4.96. The third-order valence-corrected chi connectivity index (χ3v) is 3.72. The standard InChI is InChI=1S/C9H18BrN2O/c1-11-2-4-12(5-3-11)6-9(10)7-13-8-12/h9H,2-8H2,1H3/q+1. The van der Waals surface area contributed by atoms with Crippen LogP contribution >= 0.6 is 15.9 Å². The Morgan fingerprint density at radius 2 is 2.08 bits per heavy atom. The Kier molecular flexibility index (Phi) is 2.93. The summed E-state index contributed by atoms with van der Waals surface area (Å²) < 4.78 is 6.78. The SMILES string of the molecule is CN1CC[N+]2(CC1)COCC(Br)C2. The van der Waals surface area contributed by atoms with Crippen LogP contribution in [-0.2, 0) is 4.74 Å². The molecule has 3 nitrogen and oxygen atoms in total. The van der Waals surface area contributed by atoms with E-state index in [9.17, 15) is 0 Å². The molecule has 1 atom stereocenters. The molecule has 0 amide bonds. The van der Waals surface area contributed by atoms with E-state index in [1.54, 1.807) is 0 Å². The van der Waals surface area contributed by atoms with Gasteiger partial charge in [-0.3, -0.25) is 9.38 Å². The van der Waals surface area contributed by atoms with Crippen LogP contribution < -0.4 is 0 Å². The second-order valence-electron chi connectivity index (χ2n) is 4.37. The predicted octanol–water partition coefficient (Wildman–Crippen LogP) is 0.500. The molecule has 0 aromatic rings. The Morgan fingerprint density at radius 1 is 1.38 bits per heavy atom. The van der Waals surface area contributed by atoms with Gasteiger partial charge in [-0.1, -0.05) is 15.9 Å². The maximum Gasteiger partial charge on any atom is 0.183 e. The zero-order chi connectivity index (χ0) is 9.31. The molecular formula is C9H18BrN2O+. The third kappa shape index (κ3) is 2.24. The van der Waals surface area contributed by atoms with E-state index in [1.807, 2.05) is 0 Å².